The fourth-order valence-corrected chi connectivity index (χ4v) is 1.94. The second-order valence-corrected chi connectivity index (χ2v) is 5.48. The van der Waals surface area contributed by atoms with Gasteiger partial charge in [0.25, 0.3) is 0 Å². The average Bonchev–Trinajstić information content (AvgIpc) is 2.37. The van der Waals surface area contributed by atoms with Gasteiger partial charge in [-0.1, -0.05) is 43.7 Å². The summed E-state index contributed by atoms with van der Waals surface area (Å²) in [5.74, 6) is 0.894. The fraction of sp³-hybridized carbons (Fsp3) is 0.562. The van der Waals surface area contributed by atoms with Crippen LogP contribution in [-0.4, -0.2) is 25.6 Å². The van der Waals surface area contributed by atoms with Crippen molar-refractivity contribution in [1.29, 1.82) is 0 Å². The van der Waals surface area contributed by atoms with E-state index in [1.54, 1.807) is 0 Å². The van der Waals surface area contributed by atoms with Crippen molar-refractivity contribution in [2.45, 2.75) is 40.0 Å². The number of rotatable bonds is 5. The Morgan fingerprint density at radius 1 is 1.16 bits per heavy atom. The maximum absolute atomic E-state index is 4.68. The fourth-order valence-electron chi connectivity index (χ4n) is 1.94. The molecule has 3 nitrogen and oxygen atoms in total. The van der Waals surface area contributed by atoms with Crippen molar-refractivity contribution >= 4 is 5.96 Å². The number of guanidine groups is 1. The van der Waals surface area contributed by atoms with Crippen molar-refractivity contribution in [3.05, 3.63) is 35.4 Å². The van der Waals surface area contributed by atoms with Crippen LogP contribution in [0.5, 0.6) is 0 Å². The molecular formula is C16H27N3. The highest BCUT2D eigenvalue weighted by molar-refractivity contribution is 5.79. The van der Waals surface area contributed by atoms with Gasteiger partial charge in [-0.3, -0.25) is 4.99 Å². The molecule has 0 radical (unpaired) electrons. The van der Waals surface area contributed by atoms with Crippen LogP contribution in [0.2, 0.25) is 0 Å². The predicted octanol–water partition coefficient (Wildman–Crippen LogP) is 2.85. The van der Waals surface area contributed by atoms with E-state index in [2.05, 4.69) is 74.5 Å². The number of nitrogens with zero attached hydrogens (tertiary/aromatic N) is 1. The van der Waals surface area contributed by atoms with Gasteiger partial charge in [0.15, 0.2) is 5.96 Å². The van der Waals surface area contributed by atoms with Gasteiger partial charge in [0.05, 0.1) is 6.54 Å². The molecule has 0 unspecified atom stereocenters. The minimum Gasteiger partial charge on any atom is -0.357 e. The second-order valence-electron chi connectivity index (χ2n) is 5.48. The van der Waals surface area contributed by atoms with Crippen molar-refractivity contribution in [3.8, 4) is 0 Å². The Morgan fingerprint density at radius 2 is 1.79 bits per heavy atom. The third-order valence-electron chi connectivity index (χ3n) is 3.12. The summed E-state index contributed by atoms with van der Waals surface area (Å²) in [7, 11) is 0. The van der Waals surface area contributed by atoms with Gasteiger partial charge in [0, 0.05) is 18.5 Å². The van der Waals surface area contributed by atoms with Crippen molar-refractivity contribution in [3.63, 3.8) is 0 Å². The molecule has 0 aliphatic heterocycles. The van der Waals surface area contributed by atoms with Crippen LogP contribution in [0.3, 0.4) is 0 Å². The summed E-state index contributed by atoms with van der Waals surface area (Å²) in [5, 5.41) is 6.52. The molecule has 0 aliphatic rings. The van der Waals surface area contributed by atoms with Gasteiger partial charge in [-0.05, 0) is 26.3 Å². The van der Waals surface area contributed by atoms with E-state index in [0.29, 0.717) is 0 Å². The van der Waals surface area contributed by atoms with Crippen LogP contribution in [0, 0.1) is 6.92 Å². The number of aryl methyl sites for hydroxylation is 1. The minimum absolute atomic E-state index is 0.0438. The minimum atomic E-state index is 0.0438. The van der Waals surface area contributed by atoms with Crippen LogP contribution in [0.25, 0.3) is 0 Å². The normalized spacial score (nSPS) is 11.0. The maximum Gasteiger partial charge on any atom is 0.191 e. The zero-order chi connectivity index (χ0) is 14.3. The van der Waals surface area contributed by atoms with E-state index in [0.717, 1.165) is 25.6 Å². The van der Waals surface area contributed by atoms with E-state index in [1.807, 2.05) is 0 Å². The van der Waals surface area contributed by atoms with Gasteiger partial charge >= 0.3 is 0 Å². The number of nitrogens with one attached hydrogen (secondary N) is 2. The summed E-state index contributed by atoms with van der Waals surface area (Å²) in [6.07, 6.45) is 0. The zero-order valence-electron chi connectivity index (χ0n) is 12.9. The van der Waals surface area contributed by atoms with Crippen LogP contribution >= 0.6 is 0 Å². The van der Waals surface area contributed by atoms with Crippen LogP contribution < -0.4 is 10.6 Å². The topological polar surface area (TPSA) is 36.4 Å². The Morgan fingerprint density at radius 3 is 2.32 bits per heavy atom. The van der Waals surface area contributed by atoms with Gasteiger partial charge in [-0.2, -0.15) is 0 Å². The van der Waals surface area contributed by atoms with Gasteiger partial charge in [0.2, 0.25) is 0 Å². The van der Waals surface area contributed by atoms with E-state index in [1.165, 1.54) is 11.1 Å². The third-order valence-corrected chi connectivity index (χ3v) is 3.12. The molecule has 0 fully saturated rings. The number of hydrogen-bond acceptors (Lipinski definition) is 1. The molecule has 0 heterocycles. The largest absolute Gasteiger partial charge is 0.357 e. The quantitative estimate of drug-likeness (QED) is 0.631. The molecule has 0 aromatic heterocycles. The molecule has 106 valence electrons. The van der Waals surface area contributed by atoms with Crippen molar-refractivity contribution < 1.29 is 0 Å². The molecular weight excluding hydrogens is 234 g/mol. The van der Waals surface area contributed by atoms with Crippen molar-refractivity contribution in [1.82, 2.24) is 10.6 Å². The number of hydrogen-bond donors (Lipinski definition) is 2. The van der Waals surface area contributed by atoms with Crippen molar-refractivity contribution in [2.75, 3.05) is 19.6 Å². The third kappa shape index (κ3) is 4.93. The summed E-state index contributed by atoms with van der Waals surface area (Å²) < 4.78 is 0. The predicted molar refractivity (Wildman–Crippen MR) is 83.9 cm³/mol. The van der Waals surface area contributed by atoms with Gasteiger partial charge < -0.3 is 10.6 Å². The lowest BCUT2D eigenvalue weighted by Gasteiger charge is -2.24. The average molecular weight is 261 g/mol. The molecule has 1 aromatic rings. The molecule has 0 saturated heterocycles. The molecule has 2 N–H and O–H groups in total. The standard InChI is InChI=1S/C16H27N3/c1-6-17-15(18-7-2)19-12-16(4,5)14-10-8-9-13(3)11-14/h8-11H,6-7,12H2,1-5H3,(H2,17,18,19). The molecule has 3 heteroatoms. The molecule has 1 aromatic carbocycles. The lowest BCUT2D eigenvalue weighted by atomic mass is 9.84. The lowest BCUT2D eigenvalue weighted by Crippen LogP contribution is -2.38. The first-order valence-corrected chi connectivity index (χ1v) is 7.09. The SMILES string of the molecule is CCNC(=NCC(C)(C)c1cccc(C)c1)NCC. The maximum atomic E-state index is 4.68. The summed E-state index contributed by atoms with van der Waals surface area (Å²) in [6, 6.07) is 8.68. The van der Waals surface area contributed by atoms with Gasteiger partial charge in [-0.25, -0.2) is 0 Å². The molecule has 0 saturated carbocycles. The molecule has 0 aliphatic carbocycles. The van der Waals surface area contributed by atoms with Gasteiger partial charge in [0.1, 0.15) is 0 Å². The smallest absolute Gasteiger partial charge is 0.191 e. The van der Waals surface area contributed by atoms with E-state index >= 15 is 0 Å². The Labute approximate surface area is 117 Å². The first-order chi connectivity index (χ1) is 8.99. The lowest BCUT2D eigenvalue weighted by molar-refractivity contribution is 0.537. The summed E-state index contributed by atoms with van der Waals surface area (Å²) in [4.78, 5) is 4.68. The highest BCUT2D eigenvalue weighted by Gasteiger charge is 2.20. The van der Waals surface area contributed by atoms with Crippen molar-refractivity contribution in [2.24, 2.45) is 4.99 Å². The van der Waals surface area contributed by atoms with Gasteiger partial charge in [-0.15, -0.1) is 0 Å². The first kappa shape index (κ1) is 15.5. The Kier molecular flexibility index (Phi) is 5.87. The molecule has 0 atom stereocenters. The number of aliphatic imine (C=N–C) groups is 1. The van der Waals surface area contributed by atoms with Crippen LogP contribution in [-0.2, 0) is 5.41 Å². The van der Waals surface area contributed by atoms with Crippen LogP contribution in [0.15, 0.2) is 29.3 Å². The summed E-state index contributed by atoms with van der Waals surface area (Å²) in [6.45, 7) is 13.3. The van der Waals surface area contributed by atoms with E-state index in [9.17, 15) is 0 Å². The Balaban J connectivity index is 2.80. The number of benzene rings is 1. The van der Waals surface area contributed by atoms with Crippen LogP contribution in [0.1, 0.15) is 38.8 Å². The highest BCUT2D eigenvalue weighted by Crippen LogP contribution is 2.24. The second kappa shape index (κ2) is 7.17. The Hall–Kier alpha value is -1.51. The first-order valence-electron chi connectivity index (χ1n) is 7.09. The van der Waals surface area contributed by atoms with E-state index in [-0.39, 0.29) is 5.41 Å². The molecule has 0 bridgehead atoms. The molecule has 19 heavy (non-hydrogen) atoms. The molecule has 1 rings (SSSR count). The molecule has 0 amide bonds. The zero-order valence-corrected chi connectivity index (χ0v) is 12.9. The summed E-state index contributed by atoms with van der Waals surface area (Å²) in [5.41, 5.74) is 2.68. The van der Waals surface area contributed by atoms with E-state index < -0.39 is 0 Å². The monoisotopic (exact) mass is 261 g/mol. The van der Waals surface area contributed by atoms with E-state index in [4.69, 9.17) is 0 Å². The molecule has 0 spiro atoms. The van der Waals surface area contributed by atoms with Crippen LogP contribution in [0.4, 0.5) is 0 Å². The summed E-state index contributed by atoms with van der Waals surface area (Å²) >= 11 is 0. The highest BCUT2D eigenvalue weighted by atomic mass is 15.2. The Bertz CT molecular complexity index is 414.